The molecule has 0 unspecified atom stereocenters. The number of rotatable bonds is 3. The third-order valence-corrected chi connectivity index (χ3v) is 3.53. The third kappa shape index (κ3) is 4.18. The van der Waals surface area contributed by atoms with Crippen LogP contribution in [0.4, 0.5) is 5.69 Å². The highest BCUT2D eigenvalue weighted by Gasteiger charge is 2.17. The number of likely N-dealkylation sites (N-methyl/N-ethyl adjacent to an activating group) is 1. The zero-order valence-electron chi connectivity index (χ0n) is 12.6. The summed E-state index contributed by atoms with van der Waals surface area (Å²) in [4.78, 5) is 9.13. The Hall–Kier alpha value is -1.13. The predicted octanol–water partition coefficient (Wildman–Crippen LogP) is 1.72. The van der Waals surface area contributed by atoms with E-state index >= 15 is 0 Å². The molecular weight excluding hydrogens is 236 g/mol. The number of hydrogen-bond donors (Lipinski definition) is 1. The molecule has 4 heteroatoms. The van der Waals surface area contributed by atoms with Crippen molar-refractivity contribution in [2.24, 2.45) is 0 Å². The summed E-state index contributed by atoms with van der Waals surface area (Å²) in [6.07, 6.45) is 3.89. The molecule has 1 aromatic heterocycles. The fourth-order valence-corrected chi connectivity index (χ4v) is 2.27. The number of pyridine rings is 1. The second kappa shape index (κ2) is 5.88. The van der Waals surface area contributed by atoms with E-state index in [4.69, 9.17) is 0 Å². The van der Waals surface area contributed by atoms with Crippen molar-refractivity contribution in [2.75, 3.05) is 38.1 Å². The van der Waals surface area contributed by atoms with Crippen LogP contribution < -0.4 is 10.2 Å². The molecule has 0 aromatic carbocycles. The minimum absolute atomic E-state index is 0.134. The summed E-state index contributed by atoms with van der Waals surface area (Å²) >= 11 is 0. The van der Waals surface area contributed by atoms with Gasteiger partial charge in [-0.25, -0.2) is 0 Å². The molecule has 2 heterocycles. The van der Waals surface area contributed by atoms with E-state index in [1.54, 1.807) is 0 Å². The standard InChI is InChI=1S/C15H26N4/c1-15(2,3)17-12-13-11-16-6-5-14(13)19-9-7-18(4)8-10-19/h5-6,11,17H,7-10,12H2,1-4H3. The molecule has 106 valence electrons. The highest BCUT2D eigenvalue weighted by Crippen LogP contribution is 2.21. The third-order valence-electron chi connectivity index (χ3n) is 3.53. The molecule has 0 amide bonds. The van der Waals surface area contributed by atoms with Crippen molar-refractivity contribution < 1.29 is 0 Å². The molecule has 0 spiro atoms. The topological polar surface area (TPSA) is 31.4 Å². The van der Waals surface area contributed by atoms with Gasteiger partial charge < -0.3 is 15.1 Å². The van der Waals surface area contributed by atoms with E-state index in [0.29, 0.717) is 0 Å². The Labute approximate surface area is 116 Å². The largest absolute Gasteiger partial charge is 0.369 e. The average Bonchev–Trinajstić information content (AvgIpc) is 2.37. The van der Waals surface area contributed by atoms with Crippen LogP contribution in [0.2, 0.25) is 0 Å². The van der Waals surface area contributed by atoms with Crippen molar-refractivity contribution >= 4 is 5.69 Å². The van der Waals surface area contributed by atoms with E-state index in [2.05, 4.69) is 54.0 Å². The first-order valence-corrected chi connectivity index (χ1v) is 7.07. The Balaban J connectivity index is 2.08. The first-order valence-electron chi connectivity index (χ1n) is 7.07. The van der Waals surface area contributed by atoms with Gasteiger partial charge in [0.1, 0.15) is 0 Å². The molecule has 1 aromatic rings. The lowest BCUT2D eigenvalue weighted by molar-refractivity contribution is 0.312. The molecule has 1 N–H and O–H groups in total. The van der Waals surface area contributed by atoms with Crippen LogP contribution in [0.3, 0.4) is 0 Å². The van der Waals surface area contributed by atoms with Gasteiger partial charge in [0, 0.05) is 61.9 Å². The first kappa shape index (κ1) is 14.3. The highest BCUT2D eigenvalue weighted by atomic mass is 15.2. The summed E-state index contributed by atoms with van der Waals surface area (Å²) in [7, 11) is 2.19. The summed E-state index contributed by atoms with van der Waals surface area (Å²) < 4.78 is 0. The molecule has 2 rings (SSSR count). The van der Waals surface area contributed by atoms with Crippen molar-refractivity contribution in [3.8, 4) is 0 Å². The van der Waals surface area contributed by atoms with Crippen LogP contribution in [-0.4, -0.2) is 48.6 Å². The maximum atomic E-state index is 4.28. The van der Waals surface area contributed by atoms with Gasteiger partial charge in [-0.2, -0.15) is 0 Å². The van der Waals surface area contributed by atoms with E-state index in [9.17, 15) is 0 Å². The molecule has 0 radical (unpaired) electrons. The number of nitrogens with one attached hydrogen (secondary N) is 1. The van der Waals surface area contributed by atoms with Gasteiger partial charge in [0.15, 0.2) is 0 Å². The Morgan fingerprint density at radius 3 is 2.53 bits per heavy atom. The quantitative estimate of drug-likeness (QED) is 0.899. The second-order valence-corrected chi connectivity index (χ2v) is 6.40. The summed E-state index contributed by atoms with van der Waals surface area (Å²) in [5.41, 5.74) is 2.76. The summed E-state index contributed by atoms with van der Waals surface area (Å²) in [5, 5.41) is 3.55. The number of hydrogen-bond acceptors (Lipinski definition) is 4. The summed E-state index contributed by atoms with van der Waals surface area (Å²) in [6, 6.07) is 2.14. The van der Waals surface area contributed by atoms with Crippen molar-refractivity contribution in [3.05, 3.63) is 24.0 Å². The van der Waals surface area contributed by atoms with E-state index in [0.717, 1.165) is 32.7 Å². The number of piperazine rings is 1. The molecule has 1 saturated heterocycles. The average molecular weight is 262 g/mol. The molecule has 0 aliphatic carbocycles. The normalized spacial score (nSPS) is 17.8. The molecule has 19 heavy (non-hydrogen) atoms. The summed E-state index contributed by atoms with van der Waals surface area (Å²) in [6.45, 7) is 11.9. The monoisotopic (exact) mass is 262 g/mol. The SMILES string of the molecule is CN1CCN(c2ccncc2CNC(C)(C)C)CC1. The van der Waals surface area contributed by atoms with Crippen LogP contribution in [0, 0.1) is 0 Å². The number of aromatic nitrogens is 1. The molecular formula is C15H26N4. The Bertz CT molecular complexity index is 403. The molecule has 0 saturated carbocycles. The van der Waals surface area contributed by atoms with Crippen LogP contribution in [0.1, 0.15) is 26.3 Å². The van der Waals surface area contributed by atoms with Crippen LogP contribution in [0.25, 0.3) is 0 Å². The van der Waals surface area contributed by atoms with Crippen molar-refractivity contribution in [2.45, 2.75) is 32.9 Å². The van der Waals surface area contributed by atoms with Gasteiger partial charge >= 0.3 is 0 Å². The van der Waals surface area contributed by atoms with Crippen molar-refractivity contribution in [1.82, 2.24) is 15.2 Å². The predicted molar refractivity (Wildman–Crippen MR) is 80.5 cm³/mol. The smallest absolute Gasteiger partial charge is 0.0443 e. The van der Waals surface area contributed by atoms with Crippen LogP contribution in [0.15, 0.2) is 18.5 Å². The number of nitrogens with zero attached hydrogens (tertiary/aromatic N) is 3. The zero-order chi connectivity index (χ0) is 13.9. The van der Waals surface area contributed by atoms with Crippen LogP contribution in [0.5, 0.6) is 0 Å². The highest BCUT2D eigenvalue weighted by molar-refractivity contribution is 5.52. The van der Waals surface area contributed by atoms with Crippen LogP contribution in [-0.2, 0) is 6.54 Å². The maximum absolute atomic E-state index is 4.28. The molecule has 1 aliphatic heterocycles. The van der Waals surface area contributed by atoms with E-state index in [1.807, 2.05) is 12.4 Å². The fraction of sp³-hybridized carbons (Fsp3) is 0.667. The van der Waals surface area contributed by atoms with Gasteiger partial charge in [-0.15, -0.1) is 0 Å². The Morgan fingerprint density at radius 2 is 1.89 bits per heavy atom. The van der Waals surface area contributed by atoms with Crippen molar-refractivity contribution in [1.29, 1.82) is 0 Å². The lowest BCUT2D eigenvalue weighted by atomic mass is 10.1. The van der Waals surface area contributed by atoms with E-state index < -0.39 is 0 Å². The van der Waals surface area contributed by atoms with Crippen molar-refractivity contribution in [3.63, 3.8) is 0 Å². The second-order valence-electron chi connectivity index (χ2n) is 6.40. The van der Waals surface area contributed by atoms with Crippen LogP contribution >= 0.6 is 0 Å². The lowest BCUT2D eigenvalue weighted by Gasteiger charge is -2.35. The minimum Gasteiger partial charge on any atom is -0.369 e. The van der Waals surface area contributed by atoms with Gasteiger partial charge in [0.2, 0.25) is 0 Å². The van der Waals surface area contributed by atoms with Gasteiger partial charge in [0.05, 0.1) is 0 Å². The molecule has 1 fully saturated rings. The molecule has 4 nitrogen and oxygen atoms in total. The van der Waals surface area contributed by atoms with Gasteiger partial charge in [-0.3, -0.25) is 4.98 Å². The fourth-order valence-electron chi connectivity index (χ4n) is 2.27. The molecule has 0 bridgehead atoms. The maximum Gasteiger partial charge on any atom is 0.0443 e. The lowest BCUT2D eigenvalue weighted by Crippen LogP contribution is -2.45. The van der Waals surface area contributed by atoms with Gasteiger partial charge in [-0.05, 0) is 33.9 Å². The van der Waals surface area contributed by atoms with Gasteiger partial charge in [-0.1, -0.05) is 0 Å². The molecule has 0 atom stereocenters. The first-order chi connectivity index (χ1) is 8.96. The van der Waals surface area contributed by atoms with Gasteiger partial charge in [0.25, 0.3) is 0 Å². The molecule has 1 aliphatic rings. The zero-order valence-corrected chi connectivity index (χ0v) is 12.6. The van der Waals surface area contributed by atoms with E-state index in [-0.39, 0.29) is 5.54 Å². The number of anilines is 1. The minimum atomic E-state index is 0.134. The summed E-state index contributed by atoms with van der Waals surface area (Å²) in [5.74, 6) is 0. The van der Waals surface area contributed by atoms with E-state index in [1.165, 1.54) is 11.3 Å². The Morgan fingerprint density at radius 1 is 1.21 bits per heavy atom. The Kier molecular flexibility index (Phi) is 4.42.